The lowest BCUT2D eigenvalue weighted by Crippen LogP contribution is -2.35. The second kappa shape index (κ2) is 5.23. The Balaban J connectivity index is 2.08. The lowest BCUT2D eigenvalue weighted by atomic mass is 10.1. The number of nitrogens with zero attached hydrogens (tertiary/aromatic N) is 1. The molecule has 0 heterocycles. The Hall–Kier alpha value is -0.800. The first-order valence-electron chi connectivity index (χ1n) is 5.27. The van der Waals surface area contributed by atoms with Crippen molar-refractivity contribution in [2.24, 2.45) is 5.92 Å². The molecule has 5 heteroatoms. The Morgan fingerprint density at radius 2 is 2.29 bits per heavy atom. The van der Waals surface area contributed by atoms with Crippen LogP contribution in [-0.4, -0.2) is 11.9 Å². The van der Waals surface area contributed by atoms with E-state index in [1.165, 1.54) is 0 Å². The van der Waals surface area contributed by atoms with E-state index in [0.29, 0.717) is 16.5 Å². The minimum absolute atomic E-state index is 0.234. The van der Waals surface area contributed by atoms with E-state index in [2.05, 4.69) is 34.0 Å². The Morgan fingerprint density at radius 3 is 2.82 bits per heavy atom. The highest BCUT2D eigenvalue weighted by Crippen LogP contribution is 2.32. The molecule has 88 valence electrons. The maximum atomic E-state index is 11.9. The van der Waals surface area contributed by atoms with E-state index in [0.717, 1.165) is 16.4 Å². The maximum Gasteiger partial charge on any atom is 0.252 e. The highest BCUT2D eigenvalue weighted by Gasteiger charge is 2.32. The minimum atomic E-state index is -0.374. The van der Waals surface area contributed by atoms with Crippen LogP contribution < -0.4 is 5.32 Å². The lowest BCUT2D eigenvalue weighted by Gasteiger charge is -2.10. The summed E-state index contributed by atoms with van der Waals surface area (Å²) in [5.74, 6) is 0.0880. The van der Waals surface area contributed by atoms with Gasteiger partial charge >= 0.3 is 0 Å². The van der Waals surface area contributed by atoms with Gasteiger partial charge in [-0.05, 0) is 59.5 Å². The third-order valence-electron chi connectivity index (χ3n) is 2.70. The number of nitrogens with one attached hydrogen (secondary N) is 1. The van der Waals surface area contributed by atoms with Crippen LogP contribution in [0.3, 0.4) is 0 Å². The molecule has 0 aromatic heterocycles. The number of carbonyl (C=O) groups excluding carboxylic acids is 1. The van der Waals surface area contributed by atoms with Gasteiger partial charge in [0.1, 0.15) is 6.04 Å². The van der Waals surface area contributed by atoms with Crippen LogP contribution in [0.25, 0.3) is 0 Å². The zero-order valence-corrected chi connectivity index (χ0v) is 11.8. The number of nitriles is 1. The topological polar surface area (TPSA) is 52.9 Å². The first-order valence-corrected chi connectivity index (χ1v) is 6.73. The van der Waals surface area contributed by atoms with E-state index >= 15 is 0 Å². The predicted molar refractivity (Wildman–Crippen MR) is 73.8 cm³/mol. The zero-order chi connectivity index (χ0) is 12.4. The van der Waals surface area contributed by atoms with E-state index in [1.807, 2.05) is 0 Å². The van der Waals surface area contributed by atoms with Crippen molar-refractivity contribution in [1.82, 2.24) is 5.32 Å². The summed E-state index contributed by atoms with van der Waals surface area (Å²) < 4.78 is 0.903. The summed E-state index contributed by atoms with van der Waals surface area (Å²) in [6, 6.07) is 6.88. The molecule has 3 nitrogen and oxygen atoms in total. The molecule has 1 N–H and O–H groups in total. The maximum absolute atomic E-state index is 11.9. The Kier molecular flexibility index (Phi) is 3.89. The van der Waals surface area contributed by atoms with Crippen LogP contribution in [0.4, 0.5) is 0 Å². The molecule has 2 rings (SSSR count). The molecular formula is C12H10ClIN2O. The van der Waals surface area contributed by atoms with Gasteiger partial charge < -0.3 is 5.32 Å². The van der Waals surface area contributed by atoms with Crippen LogP contribution in [0.15, 0.2) is 18.2 Å². The molecule has 0 bridgehead atoms. The quantitative estimate of drug-likeness (QED) is 0.843. The van der Waals surface area contributed by atoms with Crippen molar-refractivity contribution < 1.29 is 4.79 Å². The van der Waals surface area contributed by atoms with E-state index in [-0.39, 0.29) is 11.9 Å². The summed E-state index contributed by atoms with van der Waals surface area (Å²) in [6.45, 7) is 0. The van der Waals surface area contributed by atoms with E-state index in [4.69, 9.17) is 16.9 Å². The SMILES string of the molecule is N#CC(NC(=O)c1ccc(I)c(Cl)c1)C1CC1. The molecule has 1 saturated carbocycles. The van der Waals surface area contributed by atoms with Crippen molar-refractivity contribution in [3.63, 3.8) is 0 Å². The minimum Gasteiger partial charge on any atom is -0.336 e. The average Bonchev–Trinajstić information content (AvgIpc) is 3.13. The van der Waals surface area contributed by atoms with Crippen LogP contribution in [0.2, 0.25) is 5.02 Å². The number of hydrogen-bond donors (Lipinski definition) is 1. The number of benzene rings is 1. The van der Waals surface area contributed by atoms with Crippen LogP contribution in [0.5, 0.6) is 0 Å². The number of amides is 1. The molecule has 0 saturated heterocycles. The predicted octanol–water partition coefficient (Wildman–Crippen LogP) is 2.98. The van der Waals surface area contributed by atoms with Crippen LogP contribution >= 0.6 is 34.2 Å². The molecule has 0 spiro atoms. The summed E-state index contributed by atoms with van der Waals surface area (Å²) in [5.41, 5.74) is 0.497. The number of halogens is 2. The zero-order valence-electron chi connectivity index (χ0n) is 8.91. The second-order valence-corrected chi connectivity index (χ2v) is 5.62. The van der Waals surface area contributed by atoms with Gasteiger partial charge in [-0.25, -0.2) is 0 Å². The van der Waals surface area contributed by atoms with Gasteiger partial charge in [-0.3, -0.25) is 4.79 Å². The van der Waals surface area contributed by atoms with Gasteiger partial charge in [0.05, 0.1) is 11.1 Å². The van der Waals surface area contributed by atoms with Gasteiger partial charge in [0.25, 0.3) is 5.91 Å². The van der Waals surface area contributed by atoms with Gasteiger partial charge in [0, 0.05) is 9.13 Å². The molecule has 1 atom stereocenters. The van der Waals surface area contributed by atoms with Crippen molar-refractivity contribution in [2.45, 2.75) is 18.9 Å². The van der Waals surface area contributed by atoms with Gasteiger partial charge in [-0.1, -0.05) is 11.6 Å². The normalized spacial score (nSPS) is 16.1. The first-order chi connectivity index (χ1) is 8.11. The van der Waals surface area contributed by atoms with Crippen molar-refractivity contribution in [3.05, 3.63) is 32.4 Å². The second-order valence-electron chi connectivity index (χ2n) is 4.05. The molecule has 1 amide bonds. The average molecular weight is 361 g/mol. The number of hydrogen-bond acceptors (Lipinski definition) is 2. The fourth-order valence-corrected chi connectivity index (χ4v) is 2.06. The lowest BCUT2D eigenvalue weighted by molar-refractivity contribution is 0.0942. The smallest absolute Gasteiger partial charge is 0.252 e. The molecule has 0 radical (unpaired) electrons. The fraction of sp³-hybridized carbons (Fsp3) is 0.333. The molecule has 1 aromatic rings. The molecule has 1 aliphatic carbocycles. The van der Waals surface area contributed by atoms with Crippen LogP contribution in [0.1, 0.15) is 23.2 Å². The number of rotatable bonds is 3. The van der Waals surface area contributed by atoms with Crippen LogP contribution in [0, 0.1) is 20.8 Å². The third-order valence-corrected chi connectivity index (χ3v) is 4.27. The molecule has 1 aromatic carbocycles. The summed E-state index contributed by atoms with van der Waals surface area (Å²) in [6.07, 6.45) is 2.04. The highest BCUT2D eigenvalue weighted by molar-refractivity contribution is 14.1. The largest absolute Gasteiger partial charge is 0.336 e. The fourth-order valence-electron chi connectivity index (χ4n) is 1.55. The van der Waals surface area contributed by atoms with Crippen molar-refractivity contribution >= 4 is 40.1 Å². The Bertz CT molecular complexity index is 494. The van der Waals surface area contributed by atoms with E-state index in [9.17, 15) is 4.79 Å². The molecule has 1 aliphatic rings. The number of carbonyl (C=O) groups is 1. The Labute approximate surface area is 118 Å². The molecule has 0 aliphatic heterocycles. The van der Waals surface area contributed by atoms with Crippen molar-refractivity contribution in [3.8, 4) is 6.07 Å². The first kappa shape index (κ1) is 12.7. The standard InChI is InChI=1S/C12H10ClIN2O/c13-9-5-8(3-4-10(9)14)12(17)16-11(6-15)7-1-2-7/h3-5,7,11H,1-2H2,(H,16,17). The third kappa shape index (κ3) is 3.11. The molecular weight excluding hydrogens is 351 g/mol. The summed E-state index contributed by atoms with van der Waals surface area (Å²) in [7, 11) is 0. The molecule has 1 unspecified atom stereocenters. The summed E-state index contributed by atoms with van der Waals surface area (Å²) >= 11 is 8.05. The van der Waals surface area contributed by atoms with E-state index in [1.54, 1.807) is 18.2 Å². The van der Waals surface area contributed by atoms with Gasteiger partial charge in [-0.15, -0.1) is 0 Å². The monoisotopic (exact) mass is 360 g/mol. The van der Waals surface area contributed by atoms with Gasteiger partial charge in [-0.2, -0.15) is 5.26 Å². The van der Waals surface area contributed by atoms with Crippen molar-refractivity contribution in [1.29, 1.82) is 5.26 Å². The van der Waals surface area contributed by atoms with Gasteiger partial charge in [0.15, 0.2) is 0 Å². The Morgan fingerprint density at radius 1 is 1.59 bits per heavy atom. The summed E-state index contributed by atoms with van der Waals surface area (Å²) in [4.78, 5) is 11.9. The van der Waals surface area contributed by atoms with Crippen molar-refractivity contribution in [2.75, 3.05) is 0 Å². The highest BCUT2D eigenvalue weighted by atomic mass is 127. The van der Waals surface area contributed by atoms with Gasteiger partial charge in [0.2, 0.25) is 0 Å². The summed E-state index contributed by atoms with van der Waals surface area (Å²) in [5, 5.41) is 12.2. The van der Waals surface area contributed by atoms with E-state index < -0.39 is 0 Å². The molecule has 17 heavy (non-hydrogen) atoms. The van der Waals surface area contributed by atoms with Crippen LogP contribution in [-0.2, 0) is 0 Å². The molecule has 1 fully saturated rings.